The topological polar surface area (TPSA) is 138 Å². The molecule has 5 atom stereocenters. The van der Waals surface area contributed by atoms with Crippen LogP contribution in [-0.4, -0.2) is 66.9 Å². The van der Waals surface area contributed by atoms with Crippen molar-refractivity contribution in [3.8, 4) is 11.8 Å². The van der Waals surface area contributed by atoms with Crippen LogP contribution < -0.4 is 10.6 Å². The summed E-state index contributed by atoms with van der Waals surface area (Å²) < 4.78 is 1.72. The highest BCUT2D eigenvalue weighted by Crippen LogP contribution is 2.67. The molecule has 2 saturated carbocycles. The van der Waals surface area contributed by atoms with E-state index in [-0.39, 0.29) is 17.6 Å². The average Bonchev–Trinajstić information content (AvgIpc) is 3.06. The van der Waals surface area contributed by atoms with E-state index in [1.54, 1.807) is 24.1 Å². The standard InChI is InChI=1S/C19H19N7O3S/c1-20-16-12-17(25-10(24-16)3-4-11-22-5-6-30-11)26(8-23-12)13-9-7-19(9,18(29)21-2)15(28)14(13)27/h5-6,8-9,13-15,27-28H,7H2,1-2H3,(H,21,29)(H,20,24,25)/t9?,13-,14?,15+,19-/m1/s1. The van der Waals surface area contributed by atoms with Gasteiger partial charge in [0.2, 0.25) is 11.7 Å². The van der Waals surface area contributed by atoms with Gasteiger partial charge in [-0.15, -0.1) is 11.3 Å². The fourth-order valence-electron chi connectivity index (χ4n) is 4.55. The summed E-state index contributed by atoms with van der Waals surface area (Å²) in [5.74, 6) is 6.17. The first kappa shape index (κ1) is 18.9. The molecule has 3 heterocycles. The van der Waals surface area contributed by atoms with Crippen LogP contribution in [0.2, 0.25) is 0 Å². The van der Waals surface area contributed by atoms with Gasteiger partial charge in [0.1, 0.15) is 6.10 Å². The number of amides is 1. The van der Waals surface area contributed by atoms with Crippen molar-refractivity contribution < 1.29 is 15.0 Å². The molecule has 3 aromatic rings. The fourth-order valence-corrected chi connectivity index (χ4v) is 5.03. The van der Waals surface area contributed by atoms with E-state index >= 15 is 0 Å². The number of carbonyl (C=O) groups is 1. The molecule has 2 aliphatic carbocycles. The largest absolute Gasteiger partial charge is 0.389 e. The Hall–Kier alpha value is -3.07. The number of fused-ring (bicyclic) bond motifs is 2. The number of aliphatic hydroxyl groups is 2. The maximum atomic E-state index is 12.4. The molecular weight excluding hydrogens is 406 g/mol. The Balaban J connectivity index is 1.59. The highest BCUT2D eigenvalue weighted by Gasteiger charge is 2.75. The second kappa shape index (κ2) is 6.73. The number of carbonyl (C=O) groups excluding carboxylic acids is 1. The number of nitrogens with zero attached hydrogens (tertiary/aromatic N) is 5. The molecule has 4 N–H and O–H groups in total. The van der Waals surface area contributed by atoms with Crippen molar-refractivity contribution in [2.45, 2.75) is 24.7 Å². The normalized spacial score (nSPS) is 29.2. The number of anilines is 1. The zero-order chi connectivity index (χ0) is 21.0. The second-order valence-electron chi connectivity index (χ2n) is 7.41. The number of imidazole rings is 1. The zero-order valence-corrected chi connectivity index (χ0v) is 17.0. The summed E-state index contributed by atoms with van der Waals surface area (Å²) in [6, 6.07) is -0.526. The lowest BCUT2D eigenvalue weighted by Gasteiger charge is -2.23. The summed E-state index contributed by atoms with van der Waals surface area (Å²) >= 11 is 1.42. The lowest BCUT2D eigenvalue weighted by Crippen LogP contribution is -2.41. The molecule has 3 aromatic heterocycles. The van der Waals surface area contributed by atoms with E-state index < -0.39 is 23.7 Å². The van der Waals surface area contributed by atoms with Crippen LogP contribution in [0.3, 0.4) is 0 Å². The van der Waals surface area contributed by atoms with E-state index in [0.29, 0.717) is 28.4 Å². The van der Waals surface area contributed by atoms with Gasteiger partial charge in [-0.05, 0) is 18.3 Å². The minimum absolute atomic E-state index is 0.210. The number of rotatable bonds is 3. The molecule has 11 heteroatoms. The third-order valence-electron chi connectivity index (χ3n) is 6.02. The van der Waals surface area contributed by atoms with Crippen molar-refractivity contribution in [2.24, 2.45) is 11.3 Å². The van der Waals surface area contributed by atoms with Gasteiger partial charge >= 0.3 is 0 Å². The quantitative estimate of drug-likeness (QED) is 0.422. The molecular formula is C19H19N7O3S. The zero-order valence-electron chi connectivity index (χ0n) is 16.2. The summed E-state index contributed by atoms with van der Waals surface area (Å²) in [6.07, 6.45) is 1.47. The Morgan fingerprint density at radius 1 is 1.30 bits per heavy atom. The van der Waals surface area contributed by atoms with Crippen molar-refractivity contribution in [2.75, 3.05) is 19.4 Å². The molecule has 2 aliphatic rings. The first-order chi connectivity index (χ1) is 14.5. The first-order valence-electron chi connectivity index (χ1n) is 9.43. The fraction of sp³-hybridized carbons (Fsp3) is 0.421. The van der Waals surface area contributed by atoms with Crippen LogP contribution in [-0.2, 0) is 4.79 Å². The van der Waals surface area contributed by atoms with E-state index in [9.17, 15) is 15.0 Å². The van der Waals surface area contributed by atoms with Crippen LogP contribution >= 0.6 is 11.3 Å². The summed E-state index contributed by atoms with van der Waals surface area (Å²) in [6.45, 7) is 0. The van der Waals surface area contributed by atoms with Gasteiger partial charge in [-0.25, -0.2) is 19.9 Å². The Morgan fingerprint density at radius 2 is 2.13 bits per heavy atom. The van der Waals surface area contributed by atoms with Gasteiger partial charge in [-0.1, -0.05) is 0 Å². The minimum Gasteiger partial charge on any atom is -0.389 e. The van der Waals surface area contributed by atoms with Gasteiger partial charge in [0.05, 0.1) is 23.9 Å². The molecule has 2 unspecified atom stereocenters. The summed E-state index contributed by atoms with van der Waals surface area (Å²) in [7, 11) is 3.26. The number of aliphatic hydroxyl groups excluding tert-OH is 2. The molecule has 30 heavy (non-hydrogen) atoms. The van der Waals surface area contributed by atoms with Crippen LogP contribution in [0, 0.1) is 23.2 Å². The lowest BCUT2D eigenvalue weighted by atomic mass is 9.98. The molecule has 0 aliphatic heterocycles. The number of aromatic nitrogens is 5. The van der Waals surface area contributed by atoms with Gasteiger partial charge in [0, 0.05) is 31.6 Å². The maximum Gasteiger partial charge on any atom is 0.229 e. The number of hydrogen-bond acceptors (Lipinski definition) is 9. The molecule has 2 fully saturated rings. The summed E-state index contributed by atoms with van der Waals surface area (Å²) in [4.78, 5) is 29.9. The molecule has 0 saturated heterocycles. The highest BCUT2D eigenvalue weighted by molar-refractivity contribution is 7.10. The van der Waals surface area contributed by atoms with Crippen LogP contribution in [0.5, 0.6) is 0 Å². The summed E-state index contributed by atoms with van der Waals surface area (Å²) in [5, 5.41) is 29.5. The molecule has 10 nitrogen and oxygen atoms in total. The third kappa shape index (κ3) is 2.54. The van der Waals surface area contributed by atoms with Crippen LogP contribution in [0.1, 0.15) is 23.3 Å². The monoisotopic (exact) mass is 425 g/mol. The van der Waals surface area contributed by atoms with Gasteiger partial charge in [0.25, 0.3) is 0 Å². The maximum absolute atomic E-state index is 12.4. The molecule has 0 spiro atoms. The van der Waals surface area contributed by atoms with Crippen molar-refractivity contribution in [1.29, 1.82) is 0 Å². The Morgan fingerprint density at radius 3 is 2.83 bits per heavy atom. The molecule has 0 aromatic carbocycles. The van der Waals surface area contributed by atoms with Gasteiger partial charge < -0.3 is 25.4 Å². The predicted octanol–water partition coefficient (Wildman–Crippen LogP) is -0.247. The van der Waals surface area contributed by atoms with Crippen molar-refractivity contribution in [3.05, 3.63) is 28.7 Å². The van der Waals surface area contributed by atoms with Gasteiger partial charge in [-0.3, -0.25) is 4.79 Å². The van der Waals surface area contributed by atoms with E-state index in [0.717, 1.165) is 0 Å². The third-order valence-corrected chi connectivity index (χ3v) is 6.70. The van der Waals surface area contributed by atoms with Gasteiger partial charge in [-0.2, -0.15) is 0 Å². The van der Waals surface area contributed by atoms with Gasteiger partial charge in [0.15, 0.2) is 22.0 Å². The van der Waals surface area contributed by atoms with E-state index in [1.165, 1.54) is 18.4 Å². The number of thiazole rings is 1. The number of hydrogen-bond donors (Lipinski definition) is 4. The SMILES string of the molecule is CNC(=O)[C@]12CC1[C@@H](n1cnc3c(NC)nc(C#Cc4nccs4)nc31)C(O)[C@@H]2O. The Labute approximate surface area is 175 Å². The second-order valence-corrected chi connectivity index (χ2v) is 8.31. The molecule has 5 rings (SSSR count). The Kier molecular flexibility index (Phi) is 4.25. The van der Waals surface area contributed by atoms with Crippen LogP contribution in [0.4, 0.5) is 5.82 Å². The molecule has 0 radical (unpaired) electrons. The van der Waals surface area contributed by atoms with Crippen LogP contribution in [0.25, 0.3) is 11.2 Å². The smallest absolute Gasteiger partial charge is 0.229 e. The van der Waals surface area contributed by atoms with Crippen molar-refractivity contribution >= 4 is 34.2 Å². The Bertz CT molecular complexity index is 1200. The summed E-state index contributed by atoms with van der Waals surface area (Å²) in [5.41, 5.74) is 0.0348. The van der Waals surface area contributed by atoms with Crippen molar-refractivity contribution in [1.82, 2.24) is 29.8 Å². The molecule has 1 amide bonds. The minimum atomic E-state index is -1.15. The van der Waals surface area contributed by atoms with Crippen molar-refractivity contribution in [3.63, 3.8) is 0 Å². The van der Waals surface area contributed by atoms with E-state index in [4.69, 9.17) is 0 Å². The molecule has 0 bridgehead atoms. The lowest BCUT2D eigenvalue weighted by molar-refractivity contribution is -0.132. The highest BCUT2D eigenvalue weighted by atomic mass is 32.1. The molecule has 154 valence electrons. The van der Waals surface area contributed by atoms with E-state index in [2.05, 4.69) is 42.4 Å². The number of nitrogens with one attached hydrogen (secondary N) is 2. The first-order valence-corrected chi connectivity index (χ1v) is 10.3. The van der Waals surface area contributed by atoms with Crippen LogP contribution in [0.15, 0.2) is 17.9 Å². The predicted molar refractivity (Wildman–Crippen MR) is 109 cm³/mol. The van der Waals surface area contributed by atoms with E-state index in [1.807, 2.05) is 5.38 Å². The average molecular weight is 425 g/mol.